The fourth-order valence-electron chi connectivity index (χ4n) is 1.67. The smallest absolute Gasteiger partial charge is 0.180 e. The average molecular weight is 267 g/mol. The Balaban J connectivity index is 2.10. The normalized spacial score (nSPS) is 11.2. The summed E-state index contributed by atoms with van der Waals surface area (Å²) < 4.78 is 0. The number of hydrogen-bond donors (Lipinski definition) is 1. The van der Waals surface area contributed by atoms with E-state index in [1.807, 2.05) is 5.38 Å². The van der Waals surface area contributed by atoms with Crippen LogP contribution < -0.4 is 5.73 Å². The highest BCUT2D eigenvalue weighted by Crippen LogP contribution is 2.30. The Labute approximate surface area is 110 Å². The van der Waals surface area contributed by atoms with Crippen LogP contribution in [-0.2, 0) is 6.54 Å². The van der Waals surface area contributed by atoms with Gasteiger partial charge < -0.3 is 5.73 Å². The van der Waals surface area contributed by atoms with Crippen molar-refractivity contribution in [3.63, 3.8) is 0 Å². The van der Waals surface area contributed by atoms with E-state index in [4.69, 9.17) is 5.73 Å². The first-order valence-electron chi connectivity index (χ1n) is 5.75. The maximum absolute atomic E-state index is 5.65. The van der Waals surface area contributed by atoms with E-state index in [-0.39, 0.29) is 0 Å². The van der Waals surface area contributed by atoms with Gasteiger partial charge in [0.05, 0.1) is 10.6 Å². The molecule has 0 aliphatic carbocycles. The second kappa shape index (κ2) is 5.62. The molecule has 2 aromatic rings. The number of thiophene rings is 1. The second-order valence-electron chi connectivity index (χ2n) is 3.80. The molecule has 0 aliphatic rings. The molecule has 0 radical (unpaired) electrons. The van der Waals surface area contributed by atoms with Crippen LogP contribution in [0.2, 0.25) is 0 Å². The van der Waals surface area contributed by atoms with Crippen molar-refractivity contribution in [2.75, 3.05) is 18.8 Å². The quantitative estimate of drug-likeness (QED) is 0.904. The predicted molar refractivity (Wildman–Crippen MR) is 76.5 cm³/mol. The number of thiazole rings is 1. The number of anilines is 1. The summed E-state index contributed by atoms with van der Waals surface area (Å²) in [6, 6.07) is 4.33. The van der Waals surface area contributed by atoms with Crippen LogP contribution in [0.4, 0.5) is 5.13 Å². The van der Waals surface area contributed by atoms with E-state index in [0.717, 1.165) is 25.3 Å². The van der Waals surface area contributed by atoms with Gasteiger partial charge in [-0.3, -0.25) is 4.90 Å². The summed E-state index contributed by atoms with van der Waals surface area (Å²) >= 11 is 3.30. The van der Waals surface area contributed by atoms with E-state index in [1.165, 1.54) is 21.1 Å². The van der Waals surface area contributed by atoms with Crippen LogP contribution in [0, 0.1) is 0 Å². The van der Waals surface area contributed by atoms with Gasteiger partial charge in [-0.1, -0.05) is 13.8 Å². The monoisotopic (exact) mass is 267 g/mol. The summed E-state index contributed by atoms with van der Waals surface area (Å²) in [5, 5.41) is 2.65. The van der Waals surface area contributed by atoms with Gasteiger partial charge in [-0.25, -0.2) is 4.98 Å². The first kappa shape index (κ1) is 12.5. The number of nitrogens with two attached hydrogens (primary N) is 1. The molecular weight excluding hydrogens is 250 g/mol. The van der Waals surface area contributed by atoms with Crippen molar-refractivity contribution in [3.05, 3.63) is 22.4 Å². The molecule has 0 amide bonds. The van der Waals surface area contributed by atoms with E-state index >= 15 is 0 Å². The van der Waals surface area contributed by atoms with E-state index in [1.54, 1.807) is 11.3 Å². The summed E-state index contributed by atoms with van der Waals surface area (Å²) in [7, 11) is 0. The first-order valence-corrected chi connectivity index (χ1v) is 7.45. The zero-order valence-corrected chi connectivity index (χ0v) is 11.8. The Bertz CT molecular complexity index is 472. The van der Waals surface area contributed by atoms with Gasteiger partial charge in [0.25, 0.3) is 0 Å². The highest BCUT2D eigenvalue weighted by atomic mass is 32.1. The SMILES string of the molecule is CCN(CC)Cc1ccc(-c2csc(N)n2)s1. The van der Waals surface area contributed by atoms with Crippen molar-refractivity contribution in [1.29, 1.82) is 0 Å². The van der Waals surface area contributed by atoms with Crippen molar-refractivity contribution in [1.82, 2.24) is 9.88 Å². The summed E-state index contributed by atoms with van der Waals surface area (Å²) in [6.07, 6.45) is 0. The summed E-state index contributed by atoms with van der Waals surface area (Å²) in [4.78, 5) is 9.31. The van der Waals surface area contributed by atoms with Gasteiger partial charge in [0.15, 0.2) is 5.13 Å². The maximum atomic E-state index is 5.65. The van der Waals surface area contributed by atoms with E-state index in [2.05, 4.69) is 35.9 Å². The highest BCUT2D eigenvalue weighted by molar-refractivity contribution is 7.16. The van der Waals surface area contributed by atoms with Crippen LogP contribution in [0.5, 0.6) is 0 Å². The number of rotatable bonds is 5. The lowest BCUT2D eigenvalue weighted by Gasteiger charge is -2.16. The number of nitrogen functional groups attached to an aromatic ring is 1. The van der Waals surface area contributed by atoms with E-state index in [0.29, 0.717) is 5.13 Å². The molecular formula is C12H17N3S2. The van der Waals surface area contributed by atoms with Crippen molar-refractivity contribution < 1.29 is 0 Å². The van der Waals surface area contributed by atoms with Gasteiger partial charge in [-0.05, 0) is 25.2 Å². The van der Waals surface area contributed by atoms with E-state index in [9.17, 15) is 0 Å². The molecule has 3 nitrogen and oxygen atoms in total. The molecule has 5 heteroatoms. The number of hydrogen-bond acceptors (Lipinski definition) is 5. The minimum absolute atomic E-state index is 0.638. The molecule has 0 saturated carbocycles. The molecule has 2 N–H and O–H groups in total. The second-order valence-corrected chi connectivity index (χ2v) is 5.86. The average Bonchev–Trinajstić information content (AvgIpc) is 2.94. The molecule has 0 unspecified atom stereocenters. The molecule has 0 bridgehead atoms. The highest BCUT2D eigenvalue weighted by Gasteiger charge is 2.08. The van der Waals surface area contributed by atoms with Crippen LogP contribution in [0.1, 0.15) is 18.7 Å². The molecule has 2 aromatic heterocycles. The minimum Gasteiger partial charge on any atom is -0.375 e. The fourth-order valence-corrected chi connectivity index (χ4v) is 3.32. The fraction of sp³-hybridized carbons (Fsp3) is 0.417. The molecule has 0 spiro atoms. The molecule has 0 aromatic carbocycles. The largest absolute Gasteiger partial charge is 0.375 e. The minimum atomic E-state index is 0.638. The van der Waals surface area contributed by atoms with Gasteiger partial charge in [0.1, 0.15) is 0 Å². The number of nitrogens with zero attached hydrogens (tertiary/aromatic N) is 2. The van der Waals surface area contributed by atoms with Gasteiger partial charge in [-0.2, -0.15) is 0 Å². The van der Waals surface area contributed by atoms with Crippen LogP contribution >= 0.6 is 22.7 Å². The third-order valence-electron chi connectivity index (χ3n) is 2.71. The predicted octanol–water partition coefficient (Wildman–Crippen LogP) is 3.30. The molecule has 0 aliphatic heterocycles. The van der Waals surface area contributed by atoms with Gasteiger partial charge in [0.2, 0.25) is 0 Å². The Morgan fingerprint density at radius 2 is 2.06 bits per heavy atom. The molecule has 0 atom stereocenters. The molecule has 0 saturated heterocycles. The molecule has 2 heterocycles. The Morgan fingerprint density at radius 3 is 2.65 bits per heavy atom. The molecule has 17 heavy (non-hydrogen) atoms. The Hall–Kier alpha value is -0.910. The standard InChI is InChI=1S/C12H17N3S2/c1-3-15(4-2)7-9-5-6-11(17-9)10-8-16-12(13)14-10/h5-6,8H,3-4,7H2,1-2H3,(H2,13,14). The van der Waals surface area contributed by atoms with Crippen LogP contribution in [0.25, 0.3) is 10.6 Å². The van der Waals surface area contributed by atoms with Gasteiger partial charge in [0, 0.05) is 16.8 Å². The third kappa shape index (κ3) is 3.06. The summed E-state index contributed by atoms with van der Waals surface area (Å²) in [6.45, 7) is 7.59. The summed E-state index contributed by atoms with van der Waals surface area (Å²) in [5.74, 6) is 0. The lowest BCUT2D eigenvalue weighted by molar-refractivity contribution is 0.298. The van der Waals surface area contributed by atoms with Crippen LogP contribution in [0.15, 0.2) is 17.5 Å². The van der Waals surface area contributed by atoms with Crippen LogP contribution in [-0.4, -0.2) is 23.0 Å². The molecule has 0 fully saturated rings. The van der Waals surface area contributed by atoms with Crippen molar-refractivity contribution >= 4 is 27.8 Å². The van der Waals surface area contributed by atoms with E-state index < -0.39 is 0 Å². The molecule has 92 valence electrons. The summed E-state index contributed by atoms with van der Waals surface area (Å²) in [5.41, 5.74) is 6.65. The Kier molecular flexibility index (Phi) is 4.15. The zero-order chi connectivity index (χ0) is 12.3. The van der Waals surface area contributed by atoms with Crippen molar-refractivity contribution in [3.8, 4) is 10.6 Å². The number of aromatic nitrogens is 1. The topological polar surface area (TPSA) is 42.1 Å². The Morgan fingerprint density at radius 1 is 1.29 bits per heavy atom. The van der Waals surface area contributed by atoms with Gasteiger partial charge in [-0.15, -0.1) is 22.7 Å². The van der Waals surface area contributed by atoms with Crippen LogP contribution in [0.3, 0.4) is 0 Å². The van der Waals surface area contributed by atoms with Crippen molar-refractivity contribution in [2.45, 2.75) is 20.4 Å². The third-order valence-corrected chi connectivity index (χ3v) is 4.48. The first-order chi connectivity index (χ1) is 8.22. The maximum Gasteiger partial charge on any atom is 0.180 e. The molecule has 2 rings (SSSR count). The van der Waals surface area contributed by atoms with Gasteiger partial charge >= 0.3 is 0 Å². The zero-order valence-electron chi connectivity index (χ0n) is 10.1. The van der Waals surface area contributed by atoms with Crippen molar-refractivity contribution in [2.24, 2.45) is 0 Å². The lowest BCUT2D eigenvalue weighted by atomic mass is 10.3. The lowest BCUT2D eigenvalue weighted by Crippen LogP contribution is -2.21.